The zero-order valence-corrected chi connectivity index (χ0v) is 12.4. The highest BCUT2D eigenvalue weighted by Crippen LogP contribution is 2.19. The van der Waals surface area contributed by atoms with E-state index in [0.29, 0.717) is 12.6 Å². The van der Waals surface area contributed by atoms with Gasteiger partial charge in [-0.15, -0.1) is 0 Å². The molecular formula is C16H25N3O. The molecule has 1 amide bonds. The zero-order chi connectivity index (χ0) is 14.4. The average Bonchev–Trinajstić information content (AvgIpc) is 3.26. The molecule has 2 rings (SSSR count). The second-order valence-electron chi connectivity index (χ2n) is 5.78. The summed E-state index contributed by atoms with van der Waals surface area (Å²) < 4.78 is 0. The van der Waals surface area contributed by atoms with Gasteiger partial charge >= 0.3 is 0 Å². The number of nitrogens with one attached hydrogen (secondary N) is 2. The maximum atomic E-state index is 12.0. The zero-order valence-electron chi connectivity index (χ0n) is 12.4. The molecule has 0 heterocycles. The third-order valence-electron chi connectivity index (χ3n) is 3.53. The Balaban J connectivity index is 1.88. The maximum Gasteiger partial charge on any atom is 0.234 e. The molecule has 1 saturated carbocycles. The Morgan fingerprint density at radius 1 is 1.30 bits per heavy atom. The van der Waals surface area contributed by atoms with E-state index < -0.39 is 0 Å². The molecule has 1 aromatic rings. The van der Waals surface area contributed by atoms with Gasteiger partial charge in [0.15, 0.2) is 0 Å². The van der Waals surface area contributed by atoms with Crippen LogP contribution in [0.3, 0.4) is 0 Å². The van der Waals surface area contributed by atoms with Gasteiger partial charge in [0.25, 0.3) is 0 Å². The minimum atomic E-state index is 0.0875. The standard InChI is InChI=1S/C16H25N3O/c1-19(2)11-10-15(13-6-4-3-5-7-13)18-16(20)12-17-14-8-9-14/h3-7,14-15,17H,8-12H2,1-2H3,(H,18,20)/t15-/m0/s1. The van der Waals surface area contributed by atoms with Crippen molar-refractivity contribution in [2.24, 2.45) is 0 Å². The van der Waals surface area contributed by atoms with Crippen LogP contribution in [0.1, 0.15) is 30.9 Å². The Kier molecular flexibility index (Phi) is 5.56. The highest BCUT2D eigenvalue weighted by molar-refractivity contribution is 5.78. The van der Waals surface area contributed by atoms with Gasteiger partial charge in [0, 0.05) is 6.04 Å². The summed E-state index contributed by atoms with van der Waals surface area (Å²) in [5, 5.41) is 6.40. The summed E-state index contributed by atoms with van der Waals surface area (Å²) in [5.41, 5.74) is 1.18. The van der Waals surface area contributed by atoms with Crippen molar-refractivity contribution in [3.05, 3.63) is 35.9 Å². The summed E-state index contributed by atoms with van der Waals surface area (Å²) >= 11 is 0. The number of rotatable bonds is 8. The van der Waals surface area contributed by atoms with Crippen LogP contribution in [0, 0.1) is 0 Å². The van der Waals surface area contributed by atoms with Crippen molar-refractivity contribution in [2.45, 2.75) is 31.3 Å². The van der Waals surface area contributed by atoms with Gasteiger partial charge in [0.1, 0.15) is 0 Å². The highest BCUT2D eigenvalue weighted by atomic mass is 16.2. The van der Waals surface area contributed by atoms with Crippen molar-refractivity contribution in [1.82, 2.24) is 15.5 Å². The Morgan fingerprint density at radius 3 is 2.60 bits per heavy atom. The molecule has 4 heteroatoms. The minimum Gasteiger partial charge on any atom is -0.348 e. The normalized spacial score (nSPS) is 16.1. The van der Waals surface area contributed by atoms with E-state index in [1.807, 2.05) is 18.2 Å². The first-order valence-corrected chi connectivity index (χ1v) is 7.37. The lowest BCUT2D eigenvalue weighted by Crippen LogP contribution is -2.38. The lowest BCUT2D eigenvalue weighted by Gasteiger charge is -2.21. The molecule has 0 bridgehead atoms. The van der Waals surface area contributed by atoms with Crippen molar-refractivity contribution >= 4 is 5.91 Å². The molecule has 0 saturated heterocycles. The number of benzene rings is 1. The molecule has 2 N–H and O–H groups in total. The van der Waals surface area contributed by atoms with Crippen LogP contribution >= 0.6 is 0 Å². The summed E-state index contributed by atoms with van der Waals surface area (Å²) in [6.45, 7) is 1.38. The van der Waals surface area contributed by atoms with Crippen LogP contribution in [-0.2, 0) is 4.79 Å². The third-order valence-corrected chi connectivity index (χ3v) is 3.53. The van der Waals surface area contributed by atoms with Gasteiger partial charge < -0.3 is 15.5 Å². The summed E-state index contributed by atoms with van der Waals surface area (Å²) in [6, 6.07) is 10.9. The Hall–Kier alpha value is -1.39. The fourth-order valence-electron chi connectivity index (χ4n) is 2.16. The SMILES string of the molecule is CN(C)CC[C@H](NC(=O)CNC1CC1)c1ccccc1. The van der Waals surface area contributed by atoms with Gasteiger partial charge in [-0.05, 0) is 45.5 Å². The fraction of sp³-hybridized carbons (Fsp3) is 0.562. The van der Waals surface area contributed by atoms with E-state index in [9.17, 15) is 4.79 Å². The molecule has 4 nitrogen and oxygen atoms in total. The number of hydrogen-bond donors (Lipinski definition) is 2. The van der Waals surface area contributed by atoms with E-state index in [1.54, 1.807) is 0 Å². The molecule has 1 fully saturated rings. The van der Waals surface area contributed by atoms with E-state index >= 15 is 0 Å². The molecule has 0 spiro atoms. The summed E-state index contributed by atoms with van der Waals surface area (Å²) in [4.78, 5) is 14.2. The first-order chi connectivity index (χ1) is 9.65. The van der Waals surface area contributed by atoms with Gasteiger partial charge in [-0.1, -0.05) is 30.3 Å². The highest BCUT2D eigenvalue weighted by Gasteiger charge is 2.22. The summed E-state index contributed by atoms with van der Waals surface area (Å²) in [5.74, 6) is 0.0875. The second kappa shape index (κ2) is 7.41. The van der Waals surface area contributed by atoms with E-state index in [2.05, 4.69) is 41.8 Å². The molecule has 1 atom stereocenters. The summed E-state index contributed by atoms with van der Waals surface area (Å²) in [6.07, 6.45) is 3.33. The van der Waals surface area contributed by atoms with Gasteiger partial charge in [-0.2, -0.15) is 0 Å². The van der Waals surface area contributed by atoms with E-state index in [0.717, 1.165) is 13.0 Å². The monoisotopic (exact) mass is 275 g/mol. The second-order valence-corrected chi connectivity index (χ2v) is 5.78. The lowest BCUT2D eigenvalue weighted by molar-refractivity contribution is -0.121. The molecule has 1 aliphatic carbocycles. The largest absolute Gasteiger partial charge is 0.348 e. The van der Waals surface area contributed by atoms with Crippen molar-refractivity contribution in [2.75, 3.05) is 27.2 Å². The molecular weight excluding hydrogens is 250 g/mol. The smallest absolute Gasteiger partial charge is 0.234 e. The minimum absolute atomic E-state index is 0.0875. The van der Waals surface area contributed by atoms with Gasteiger partial charge in [0.2, 0.25) is 5.91 Å². The van der Waals surface area contributed by atoms with Crippen LogP contribution < -0.4 is 10.6 Å². The number of nitrogens with zero attached hydrogens (tertiary/aromatic N) is 1. The molecule has 20 heavy (non-hydrogen) atoms. The predicted molar refractivity (Wildman–Crippen MR) is 81.5 cm³/mol. The van der Waals surface area contributed by atoms with Crippen LogP contribution in [0.4, 0.5) is 0 Å². The van der Waals surface area contributed by atoms with Crippen LogP contribution in [0.15, 0.2) is 30.3 Å². The lowest BCUT2D eigenvalue weighted by atomic mass is 10.0. The number of amides is 1. The maximum absolute atomic E-state index is 12.0. The first-order valence-electron chi connectivity index (χ1n) is 7.37. The molecule has 0 aromatic heterocycles. The Morgan fingerprint density at radius 2 is 2.00 bits per heavy atom. The van der Waals surface area contributed by atoms with E-state index in [4.69, 9.17) is 0 Å². The molecule has 1 aromatic carbocycles. The van der Waals surface area contributed by atoms with Gasteiger partial charge in [0.05, 0.1) is 12.6 Å². The van der Waals surface area contributed by atoms with Crippen molar-refractivity contribution in [3.63, 3.8) is 0 Å². The fourth-order valence-corrected chi connectivity index (χ4v) is 2.16. The first kappa shape index (κ1) is 15.0. The molecule has 0 unspecified atom stereocenters. The molecule has 110 valence electrons. The molecule has 0 aliphatic heterocycles. The number of carbonyl (C=O) groups is 1. The van der Waals surface area contributed by atoms with Gasteiger partial charge in [-0.3, -0.25) is 4.79 Å². The van der Waals surface area contributed by atoms with E-state index in [1.165, 1.54) is 18.4 Å². The van der Waals surface area contributed by atoms with Crippen molar-refractivity contribution in [3.8, 4) is 0 Å². The van der Waals surface area contributed by atoms with Crippen molar-refractivity contribution < 1.29 is 4.79 Å². The molecule has 0 radical (unpaired) electrons. The summed E-state index contributed by atoms with van der Waals surface area (Å²) in [7, 11) is 4.11. The number of carbonyl (C=O) groups excluding carboxylic acids is 1. The Labute approximate surface area is 121 Å². The van der Waals surface area contributed by atoms with Crippen LogP contribution in [0.2, 0.25) is 0 Å². The quantitative estimate of drug-likeness (QED) is 0.756. The van der Waals surface area contributed by atoms with Gasteiger partial charge in [-0.25, -0.2) is 0 Å². The van der Waals surface area contributed by atoms with Crippen LogP contribution in [-0.4, -0.2) is 44.0 Å². The Bertz CT molecular complexity index is 415. The van der Waals surface area contributed by atoms with E-state index in [-0.39, 0.29) is 11.9 Å². The molecule has 1 aliphatic rings. The van der Waals surface area contributed by atoms with Crippen molar-refractivity contribution in [1.29, 1.82) is 0 Å². The number of hydrogen-bond acceptors (Lipinski definition) is 3. The third kappa shape index (κ3) is 5.31. The topological polar surface area (TPSA) is 44.4 Å². The average molecular weight is 275 g/mol. The van der Waals surface area contributed by atoms with Crippen LogP contribution in [0.25, 0.3) is 0 Å². The predicted octanol–water partition coefficient (Wildman–Crippen LogP) is 1.55. The van der Waals surface area contributed by atoms with Crippen LogP contribution in [0.5, 0.6) is 0 Å².